The Morgan fingerprint density at radius 1 is 1.39 bits per heavy atom. The van der Waals surface area contributed by atoms with Crippen LogP contribution in [0.1, 0.15) is 31.4 Å². The molecular formula is C14H21FN2O. The largest absolute Gasteiger partial charge is 0.496 e. The van der Waals surface area contributed by atoms with Crippen LogP contribution >= 0.6 is 0 Å². The molecule has 1 aromatic carbocycles. The van der Waals surface area contributed by atoms with Crippen LogP contribution in [0.2, 0.25) is 0 Å². The minimum Gasteiger partial charge on any atom is -0.496 e. The Labute approximate surface area is 108 Å². The minimum absolute atomic E-state index is 0.0961. The van der Waals surface area contributed by atoms with E-state index in [0.717, 1.165) is 37.2 Å². The lowest BCUT2D eigenvalue weighted by Gasteiger charge is -2.28. The zero-order valence-corrected chi connectivity index (χ0v) is 11.0. The van der Waals surface area contributed by atoms with E-state index >= 15 is 0 Å². The van der Waals surface area contributed by atoms with E-state index in [2.05, 4.69) is 17.6 Å². The van der Waals surface area contributed by atoms with Crippen LogP contribution in [-0.4, -0.2) is 26.2 Å². The van der Waals surface area contributed by atoms with E-state index in [1.165, 1.54) is 6.07 Å². The molecule has 2 rings (SSSR count). The standard InChI is InChI=1S/C14H21FN2O/c1-10(17-12-5-7-16-8-6-12)13-9-11(15)3-4-14(13)18-2/h3-4,9-10,12,16-17H,5-8H2,1-2H3. The van der Waals surface area contributed by atoms with Crippen molar-refractivity contribution in [1.29, 1.82) is 0 Å². The van der Waals surface area contributed by atoms with Crippen molar-refractivity contribution in [2.24, 2.45) is 0 Å². The van der Waals surface area contributed by atoms with Crippen LogP contribution in [0.3, 0.4) is 0 Å². The molecule has 0 aliphatic carbocycles. The molecule has 1 aliphatic rings. The van der Waals surface area contributed by atoms with Gasteiger partial charge in [0.1, 0.15) is 11.6 Å². The van der Waals surface area contributed by atoms with Crippen molar-refractivity contribution in [3.63, 3.8) is 0 Å². The fraction of sp³-hybridized carbons (Fsp3) is 0.571. The number of hydrogen-bond donors (Lipinski definition) is 2. The van der Waals surface area contributed by atoms with Gasteiger partial charge in [0.05, 0.1) is 7.11 Å². The highest BCUT2D eigenvalue weighted by Gasteiger charge is 2.18. The van der Waals surface area contributed by atoms with Crippen LogP contribution in [0.15, 0.2) is 18.2 Å². The lowest BCUT2D eigenvalue weighted by atomic mass is 10.0. The fourth-order valence-corrected chi connectivity index (χ4v) is 2.48. The second-order valence-corrected chi connectivity index (χ2v) is 4.80. The Morgan fingerprint density at radius 3 is 2.78 bits per heavy atom. The maximum atomic E-state index is 13.3. The predicted molar refractivity (Wildman–Crippen MR) is 70.4 cm³/mol. The molecule has 4 heteroatoms. The van der Waals surface area contributed by atoms with Crippen LogP contribution in [0.5, 0.6) is 5.75 Å². The molecule has 1 atom stereocenters. The molecule has 0 amide bonds. The number of methoxy groups -OCH3 is 1. The van der Waals surface area contributed by atoms with Gasteiger partial charge < -0.3 is 15.4 Å². The Bertz CT molecular complexity index is 391. The molecule has 18 heavy (non-hydrogen) atoms. The van der Waals surface area contributed by atoms with Crippen LogP contribution < -0.4 is 15.4 Å². The van der Waals surface area contributed by atoms with Gasteiger partial charge in [0.25, 0.3) is 0 Å². The molecule has 0 aromatic heterocycles. The van der Waals surface area contributed by atoms with Crippen molar-refractivity contribution in [3.8, 4) is 5.75 Å². The Hall–Kier alpha value is -1.13. The molecule has 100 valence electrons. The van der Waals surface area contributed by atoms with E-state index < -0.39 is 0 Å². The lowest BCUT2D eigenvalue weighted by molar-refractivity contribution is 0.348. The molecule has 0 saturated carbocycles. The average Bonchev–Trinajstić information content (AvgIpc) is 2.40. The summed E-state index contributed by atoms with van der Waals surface area (Å²) in [5.74, 6) is 0.523. The summed E-state index contributed by atoms with van der Waals surface area (Å²) in [5, 5.41) is 6.89. The second kappa shape index (κ2) is 6.16. The third-order valence-corrected chi connectivity index (χ3v) is 3.48. The smallest absolute Gasteiger partial charge is 0.123 e. The molecule has 0 bridgehead atoms. The van der Waals surface area contributed by atoms with Gasteiger partial charge in [0, 0.05) is 17.6 Å². The van der Waals surface area contributed by atoms with Crippen molar-refractivity contribution in [3.05, 3.63) is 29.6 Å². The van der Waals surface area contributed by atoms with Gasteiger partial charge in [-0.1, -0.05) is 0 Å². The van der Waals surface area contributed by atoms with Crippen molar-refractivity contribution in [2.75, 3.05) is 20.2 Å². The average molecular weight is 252 g/mol. The summed E-state index contributed by atoms with van der Waals surface area (Å²) < 4.78 is 18.6. The van der Waals surface area contributed by atoms with Crippen LogP contribution in [0.4, 0.5) is 4.39 Å². The maximum Gasteiger partial charge on any atom is 0.123 e. The number of nitrogens with one attached hydrogen (secondary N) is 2. The first-order valence-corrected chi connectivity index (χ1v) is 6.51. The van der Waals surface area contributed by atoms with Crippen molar-refractivity contribution < 1.29 is 9.13 Å². The van der Waals surface area contributed by atoms with Crippen LogP contribution in [0, 0.1) is 5.82 Å². The zero-order chi connectivity index (χ0) is 13.0. The number of rotatable bonds is 4. The second-order valence-electron chi connectivity index (χ2n) is 4.80. The van der Waals surface area contributed by atoms with Gasteiger partial charge in [-0.2, -0.15) is 0 Å². The van der Waals surface area contributed by atoms with E-state index in [9.17, 15) is 4.39 Å². The summed E-state index contributed by atoms with van der Waals surface area (Å²) in [4.78, 5) is 0. The Morgan fingerprint density at radius 2 is 2.11 bits per heavy atom. The monoisotopic (exact) mass is 252 g/mol. The van der Waals surface area contributed by atoms with E-state index in [4.69, 9.17) is 4.74 Å². The molecule has 1 aromatic rings. The van der Waals surface area contributed by atoms with Gasteiger partial charge in [-0.15, -0.1) is 0 Å². The molecule has 1 aliphatic heterocycles. The molecule has 2 N–H and O–H groups in total. The number of ether oxygens (including phenoxy) is 1. The van der Waals surface area contributed by atoms with Crippen LogP contribution in [-0.2, 0) is 0 Å². The molecule has 0 spiro atoms. The summed E-state index contributed by atoms with van der Waals surface area (Å²) in [5.41, 5.74) is 0.885. The topological polar surface area (TPSA) is 33.3 Å². The molecule has 1 saturated heterocycles. The number of hydrogen-bond acceptors (Lipinski definition) is 3. The first-order valence-electron chi connectivity index (χ1n) is 6.51. The highest BCUT2D eigenvalue weighted by Crippen LogP contribution is 2.26. The molecule has 1 fully saturated rings. The third kappa shape index (κ3) is 3.21. The van der Waals surface area contributed by atoms with Gasteiger partial charge in [-0.3, -0.25) is 0 Å². The SMILES string of the molecule is COc1ccc(F)cc1C(C)NC1CCNCC1. The summed E-state index contributed by atoms with van der Waals surface area (Å²) >= 11 is 0. The Balaban J connectivity index is 2.07. The summed E-state index contributed by atoms with van der Waals surface area (Å²) in [6, 6.07) is 5.26. The Kier molecular flexibility index (Phi) is 4.55. The lowest BCUT2D eigenvalue weighted by Crippen LogP contribution is -2.41. The first kappa shape index (κ1) is 13.3. The van der Waals surface area contributed by atoms with Gasteiger partial charge in [-0.05, 0) is 51.1 Å². The van der Waals surface area contributed by atoms with Crippen LogP contribution in [0.25, 0.3) is 0 Å². The minimum atomic E-state index is -0.218. The van der Waals surface area contributed by atoms with E-state index in [-0.39, 0.29) is 11.9 Å². The molecular weight excluding hydrogens is 231 g/mol. The van der Waals surface area contributed by atoms with Gasteiger partial charge in [0.2, 0.25) is 0 Å². The zero-order valence-electron chi connectivity index (χ0n) is 11.0. The number of piperidine rings is 1. The summed E-state index contributed by atoms with van der Waals surface area (Å²) in [7, 11) is 1.62. The van der Waals surface area contributed by atoms with Gasteiger partial charge in [0.15, 0.2) is 0 Å². The van der Waals surface area contributed by atoms with Crippen molar-refractivity contribution in [2.45, 2.75) is 31.8 Å². The summed E-state index contributed by atoms with van der Waals surface area (Å²) in [6.07, 6.45) is 2.23. The number of halogens is 1. The molecule has 1 unspecified atom stereocenters. The normalized spacial score (nSPS) is 18.6. The van der Waals surface area contributed by atoms with E-state index in [1.807, 2.05) is 0 Å². The quantitative estimate of drug-likeness (QED) is 0.862. The van der Waals surface area contributed by atoms with Crippen molar-refractivity contribution >= 4 is 0 Å². The van der Waals surface area contributed by atoms with E-state index in [0.29, 0.717) is 6.04 Å². The van der Waals surface area contributed by atoms with Gasteiger partial charge >= 0.3 is 0 Å². The highest BCUT2D eigenvalue weighted by molar-refractivity contribution is 5.36. The first-order chi connectivity index (χ1) is 8.70. The van der Waals surface area contributed by atoms with Gasteiger partial charge in [-0.25, -0.2) is 4.39 Å². The highest BCUT2D eigenvalue weighted by atomic mass is 19.1. The van der Waals surface area contributed by atoms with E-state index in [1.54, 1.807) is 19.2 Å². The predicted octanol–water partition coefficient (Wildman–Crippen LogP) is 2.24. The maximum absolute atomic E-state index is 13.3. The summed E-state index contributed by atoms with van der Waals surface area (Å²) in [6.45, 7) is 4.15. The molecule has 1 heterocycles. The molecule has 0 radical (unpaired) electrons. The fourth-order valence-electron chi connectivity index (χ4n) is 2.48. The third-order valence-electron chi connectivity index (χ3n) is 3.48. The van der Waals surface area contributed by atoms with Crippen molar-refractivity contribution in [1.82, 2.24) is 10.6 Å². The molecule has 3 nitrogen and oxygen atoms in total. The number of benzene rings is 1.